The molecule has 0 spiro atoms. The number of hydrogen-bond acceptors (Lipinski definition) is 8. The van der Waals surface area contributed by atoms with Crippen LogP contribution in [0.1, 0.15) is 44.0 Å². The van der Waals surface area contributed by atoms with Crippen LogP contribution in [-0.2, 0) is 22.5 Å². The van der Waals surface area contributed by atoms with Crippen LogP contribution in [0, 0.1) is 12.5 Å². The summed E-state index contributed by atoms with van der Waals surface area (Å²) in [7, 11) is 1.23. The highest BCUT2D eigenvalue weighted by atomic mass is 35.5. The van der Waals surface area contributed by atoms with Crippen LogP contribution >= 0.6 is 34.5 Å². The first-order chi connectivity index (χ1) is 20.2. The Bertz CT molecular complexity index is 1590. The number of likely N-dealkylation sites (tertiary alicyclic amines) is 1. The molecule has 5 rings (SSSR count). The zero-order valence-electron chi connectivity index (χ0n) is 22.5. The number of nitrogens with zero attached hydrogens (tertiary/aromatic N) is 5. The lowest BCUT2D eigenvalue weighted by atomic mass is 9.92. The average molecular weight is 633 g/mol. The Balaban J connectivity index is 1.30. The number of methoxy groups -OCH3 is 1. The van der Waals surface area contributed by atoms with Gasteiger partial charge in [0, 0.05) is 39.1 Å². The molecule has 2 aliphatic rings. The van der Waals surface area contributed by atoms with Gasteiger partial charge in [0.2, 0.25) is 0 Å². The van der Waals surface area contributed by atoms with E-state index < -0.39 is 23.8 Å². The lowest BCUT2D eigenvalue weighted by molar-refractivity contribution is -0.145. The molecule has 1 saturated heterocycles. The van der Waals surface area contributed by atoms with Crippen LogP contribution in [0.3, 0.4) is 0 Å². The van der Waals surface area contributed by atoms with Crippen LogP contribution in [0.25, 0.3) is 15.2 Å². The lowest BCUT2D eigenvalue weighted by Crippen LogP contribution is -2.43. The second-order valence-electron chi connectivity index (χ2n) is 10.1. The fraction of sp³-hybridized carbons (Fsp3) is 0.407. The molecule has 1 fully saturated rings. The van der Waals surface area contributed by atoms with Gasteiger partial charge in [-0.2, -0.15) is 11.7 Å². The predicted molar refractivity (Wildman–Crippen MR) is 158 cm³/mol. The van der Waals surface area contributed by atoms with E-state index in [-0.39, 0.29) is 47.0 Å². The van der Waals surface area contributed by atoms with Gasteiger partial charge in [0.15, 0.2) is 5.78 Å². The number of Topliss-reactive ketones (excluding diaryl/α,β-unsaturated/α-hetero) is 1. The maximum atomic E-state index is 13.5. The van der Waals surface area contributed by atoms with Crippen LogP contribution in [0.5, 0.6) is 0 Å². The third-order valence-electron chi connectivity index (χ3n) is 7.39. The highest BCUT2D eigenvalue weighted by molar-refractivity contribution is 7.20. The first-order valence-corrected chi connectivity index (χ1v) is 14.7. The number of fused-ring (bicyclic) bond motifs is 2. The molecule has 2 aromatic heterocycles. The average Bonchev–Trinajstić information content (AvgIpc) is 3.70. The van der Waals surface area contributed by atoms with Crippen molar-refractivity contribution in [2.75, 3.05) is 33.3 Å². The summed E-state index contributed by atoms with van der Waals surface area (Å²) < 4.78 is 5.82. The number of aromatic nitrogens is 2. The Hall–Kier alpha value is -3.70. The summed E-state index contributed by atoms with van der Waals surface area (Å²) in [5.41, 5.74) is 2.41. The first kappa shape index (κ1) is 29.8. The third-order valence-corrected chi connectivity index (χ3v) is 9.16. The topological polar surface area (TPSA) is 145 Å². The second kappa shape index (κ2) is 12.7. The molecule has 0 unspecified atom stereocenters. The van der Waals surface area contributed by atoms with Crippen molar-refractivity contribution >= 4 is 68.4 Å². The molecule has 0 radical (unpaired) electrons. The molecule has 1 amide bonds. The third kappa shape index (κ3) is 6.07. The van der Waals surface area contributed by atoms with Gasteiger partial charge in [-0.05, 0) is 36.1 Å². The molecule has 220 valence electrons. The molecule has 42 heavy (non-hydrogen) atoms. The van der Waals surface area contributed by atoms with Gasteiger partial charge in [0.05, 0.1) is 56.0 Å². The zero-order valence-corrected chi connectivity index (χ0v) is 24.9. The number of β-amino-alcohol motifs (C(OH)–C–C–N with tert-alkyl or cyclic N) is 1. The summed E-state index contributed by atoms with van der Waals surface area (Å²) >= 11 is 14.7. The van der Waals surface area contributed by atoms with Gasteiger partial charge in [-0.25, -0.2) is 0 Å². The van der Waals surface area contributed by atoms with Gasteiger partial charge >= 0.3 is 5.97 Å². The van der Waals surface area contributed by atoms with Gasteiger partial charge in [0.25, 0.3) is 11.9 Å². The summed E-state index contributed by atoms with van der Waals surface area (Å²) in [5.74, 6) is -1.89. The minimum absolute atomic E-state index is 0.0376. The van der Waals surface area contributed by atoms with Crippen molar-refractivity contribution < 1.29 is 24.2 Å². The van der Waals surface area contributed by atoms with Gasteiger partial charge in [-0.15, -0.1) is 16.3 Å². The molecule has 12 nitrogen and oxygen atoms in total. The van der Waals surface area contributed by atoms with Crippen LogP contribution in [0.4, 0.5) is 0 Å². The largest absolute Gasteiger partial charge is 0.469 e. The molecule has 15 heteroatoms. The number of aliphatic hydroxyl groups excluding tert-OH is 1. The number of thiophene rings is 1. The maximum absolute atomic E-state index is 13.5. The molecule has 0 aliphatic carbocycles. The number of aromatic amines is 1. The number of halogens is 2. The fourth-order valence-electron chi connectivity index (χ4n) is 5.23. The van der Waals surface area contributed by atoms with Crippen LogP contribution in [0.2, 0.25) is 10.0 Å². The van der Waals surface area contributed by atoms with Crippen molar-refractivity contribution in [3.63, 3.8) is 0 Å². The number of carbonyl (C=O) groups is 3. The van der Waals surface area contributed by atoms with Crippen LogP contribution in [0.15, 0.2) is 23.4 Å². The number of ketones is 1. The number of rotatable bonds is 7. The van der Waals surface area contributed by atoms with E-state index in [4.69, 9.17) is 34.5 Å². The molecule has 2 aliphatic heterocycles. The molecule has 4 heterocycles. The number of benzene rings is 1. The molecule has 0 saturated carbocycles. The number of H-pyrrole nitrogens is 1. The minimum Gasteiger partial charge on any atom is -0.469 e. The van der Waals surface area contributed by atoms with Crippen molar-refractivity contribution in [1.82, 2.24) is 25.3 Å². The Morgan fingerprint density at radius 1 is 1.33 bits per heavy atom. The lowest BCUT2D eigenvalue weighted by Gasteiger charge is -2.30. The number of hydrogen-bond donors (Lipinski definition) is 3. The molecule has 1 aromatic carbocycles. The standard InChI is InChI=1S/C27H27Cl2N7O5S/c1-30-34-27(36-5-3-16(37)13-36)31-10-14(26(40)41-2)8-20(38)23-18(28)7-15-12-35(6-4-17(15)24(23)29)25(39)21-9-19-22(42-21)11-32-33-19/h7,9,11,14,16,37H,3-6,8,10,12-13H2,2H3,(H,31,34)(H,32,33)/t14-,16-/m0/s1. The molecule has 3 aromatic rings. The first-order valence-electron chi connectivity index (χ1n) is 13.1. The van der Waals surface area contributed by atoms with Crippen molar-refractivity contribution in [3.05, 3.63) is 61.5 Å². The SMILES string of the molecule is [C-]#[N+]/N=C(\NC[C@H](CC(=O)c1c(Cl)cc2c(c1Cl)CCN(C(=O)c1cc3[nH]ncc3s1)C2)C(=O)OC)N1CC[C@H](O)C1. The smallest absolute Gasteiger partial charge is 0.310 e. The summed E-state index contributed by atoms with van der Waals surface area (Å²) in [6, 6.07) is 3.44. The molecule has 3 N–H and O–H groups in total. The summed E-state index contributed by atoms with van der Waals surface area (Å²) in [6.45, 7) is 8.56. The van der Waals surface area contributed by atoms with E-state index in [2.05, 4.69) is 25.6 Å². The molecule has 0 bridgehead atoms. The van der Waals surface area contributed by atoms with E-state index in [9.17, 15) is 19.5 Å². The van der Waals surface area contributed by atoms with E-state index in [1.165, 1.54) is 18.4 Å². The number of amides is 1. The Kier molecular flexibility index (Phi) is 8.98. The summed E-state index contributed by atoms with van der Waals surface area (Å²) in [4.78, 5) is 46.4. The quantitative estimate of drug-likeness (QED) is 0.0899. The van der Waals surface area contributed by atoms with Crippen molar-refractivity contribution in [3.8, 4) is 0 Å². The van der Waals surface area contributed by atoms with Crippen molar-refractivity contribution in [1.29, 1.82) is 0 Å². The number of aliphatic hydroxyl groups is 1. The van der Waals surface area contributed by atoms with E-state index in [0.29, 0.717) is 37.4 Å². The Morgan fingerprint density at radius 3 is 2.83 bits per heavy atom. The number of nitrogens with one attached hydrogen (secondary N) is 2. The number of carbonyl (C=O) groups excluding carboxylic acids is 3. The highest BCUT2D eigenvalue weighted by Crippen LogP contribution is 2.36. The normalized spacial score (nSPS) is 17.6. The van der Waals surface area contributed by atoms with Gasteiger partial charge < -0.3 is 25.0 Å². The van der Waals surface area contributed by atoms with E-state index in [1.54, 1.807) is 28.1 Å². The maximum Gasteiger partial charge on any atom is 0.310 e. The zero-order chi connectivity index (χ0) is 30.0. The predicted octanol–water partition coefficient (Wildman–Crippen LogP) is 3.34. The molecular weight excluding hydrogens is 605 g/mol. The molecular formula is C27H27Cl2N7O5S. The van der Waals surface area contributed by atoms with E-state index in [1.807, 2.05) is 0 Å². The molecule has 2 atom stereocenters. The van der Waals surface area contributed by atoms with Crippen LogP contribution in [-0.4, -0.2) is 88.1 Å². The Morgan fingerprint density at radius 2 is 2.14 bits per heavy atom. The number of ether oxygens (including phenoxy) is 1. The fourth-order valence-corrected chi connectivity index (χ4v) is 6.98. The number of esters is 1. The van der Waals surface area contributed by atoms with E-state index >= 15 is 0 Å². The van der Waals surface area contributed by atoms with Crippen LogP contribution < -0.4 is 5.32 Å². The Labute approximate surface area is 255 Å². The summed E-state index contributed by atoms with van der Waals surface area (Å²) in [5, 5.41) is 23.7. The van der Waals surface area contributed by atoms with Crippen molar-refractivity contribution in [2.45, 2.75) is 31.9 Å². The second-order valence-corrected chi connectivity index (χ2v) is 11.9. The van der Waals surface area contributed by atoms with Gasteiger partial charge in [-0.3, -0.25) is 19.5 Å². The minimum atomic E-state index is -0.922. The van der Waals surface area contributed by atoms with Gasteiger partial charge in [-0.1, -0.05) is 23.2 Å². The highest BCUT2D eigenvalue weighted by Gasteiger charge is 2.32. The summed E-state index contributed by atoms with van der Waals surface area (Å²) in [6.07, 6.45) is 1.85. The van der Waals surface area contributed by atoms with Crippen molar-refractivity contribution in [2.24, 2.45) is 11.0 Å². The van der Waals surface area contributed by atoms with E-state index in [0.717, 1.165) is 21.3 Å². The monoisotopic (exact) mass is 631 g/mol. The number of guanidine groups is 1. The van der Waals surface area contributed by atoms with Gasteiger partial charge in [0.1, 0.15) is 5.10 Å².